The summed E-state index contributed by atoms with van der Waals surface area (Å²) >= 11 is 0. The number of hydrogen-bond acceptors (Lipinski definition) is 7. The van der Waals surface area contributed by atoms with Crippen LogP contribution in [0.5, 0.6) is 5.75 Å². The summed E-state index contributed by atoms with van der Waals surface area (Å²) in [6, 6.07) is 13.1. The predicted molar refractivity (Wildman–Crippen MR) is 106 cm³/mol. The van der Waals surface area contributed by atoms with Crippen molar-refractivity contribution in [2.24, 2.45) is 5.41 Å². The molecular formula is C23H17N5O2. The van der Waals surface area contributed by atoms with E-state index in [9.17, 15) is 15.3 Å². The highest BCUT2D eigenvalue weighted by Gasteiger charge is 2.69. The number of hydrogen-bond donors (Lipinski definition) is 0. The molecule has 2 bridgehead atoms. The molecule has 7 heteroatoms. The molecule has 0 aliphatic heterocycles. The van der Waals surface area contributed by atoms with Crippen molar-refractivity contribution >= 4 is 16.9 Å². The number of benzene rings is 1. The molecular weight excluding hydrogens is 378 g/mol. The summed E-state index contributed by atoms with van der Waals surface area (Å²) in [6.45, 7) is 4.02. The zero-order chi connectivity index (χ0) is 21.1. The number of carbonyl (C=O) groups excluding carboxylic acids is 1. The van der Waals surface area contributed by atoms with Gasteiger partial charge in [-0.2, -0.15) is 10.5 Å². The van der Waals surface area contributed by atoms with Crippen LogP contribution in [0.3, 0.4) is 0 Å². The van der Waals surface area contributed by atoms with Crippen LogP contribution >= 0.6 is 0 Å². The van der Waals surface area contributed by atoms with E-state index in [0.29, 0.717) is 29.1 Å². The van der Waals surface area contributed by atoms with Crippen molar-refractivity contribution in [1.29, 1.82) is 10.5 Å². The molecule has 0 amide bonds. The molecule has 146 valence electrons. The quantitative estimate of drug-likeness (QED) is 0.482. The Morgan fingerprint density at radius 1 is 1.13 bits per heavy atom. The Labute approximate surface area is 173 Å². The number of pyridine rings is 1. The van der Waals surface area contributed by atoms with Crippen LogP contribution < -0.4 is 4.74 Å². The smallest absolute Gasteiger partial charge is 0.324 e. The van der Waals surface area contributed by atoms with Crippen molar-refractivity contribution < 1.29 is 9.53 Å². The Kier molecular flexibility index (Phi) is 3.69. The molecule has 2 aliphatic carbocycles. The van der Waals surface area contributed by atoms with E-state index in [4.69, 9.17) is 4.74 Å². The Balaban J connectivity index is 1.66. The molecule has 1 saturated carbocycles. The fourth-order valence-electron chi connectivity index (χ4n) is 5.21. The van der Waals surface area contributed by atoms with E-state index in [0.717, 1.165) is 11.8 Å². The highest BCUT2D eigenvalue weighted by Crippen LogP contribution is 2.67. The van der Waals surface area contributed by atoms with Crippen LogP contribution in [0.4, 0.5) is 0 Å². The normalized spacial score (nSPS) is 22.9. The number of ether oxygens (including phenoxy) is 1. The van der Waals surface area contributed by atoms with Gasteiger partial charge >= 0.3 is 5.97 Å². The molecule has 1 aromatic carbocycles. The van der Waals surface area contributed by atoms with Gasteiger partial charge in [-0.1, -0.05) is 32.0 Å². The molecule has 5 rings (SSSR count). The Bertz CT molecular complexity index is 1310. The Hall–Kier alpha value is -3.84. The largest absolute Gasteiger partial charge is 0.423 e. The van der Waals surface area contributed by atoms with Gasteiger partial charge in [-0.3, -0.25) is 9.78 Å². The van der Waals surface area contributed by atoms with Gasteiger partial charge < -0.3 is 4.74 Å². The van der Waals surface area contributed by atoms with E-state index in [1.165, 1.54) is 0 Å². The highest BCUT2D eigenvalue weighted by molar-refractivity contribution is 5.92. The molecule has 2 heterocycles. The minimum Gasteiger partial charge on any atom is -0.423 e. The second-order valence-corrected chi connectivity index (χ2v) is 8.32. The Morgan fingerprint density at radius 2 is 1.87 bits per heavy atom. The predicted octanol–water partition coefficient (Wildman–Crippen LogP) is 3.53. The first-order valence-corrected chi connectivity index (χ1v) is 9.72. The van der Waals surface area contributed by atoms with Crippen molar-refractivity contribution in [2.45, 2.75) is 38.0 Å². The van der Waals surface area contributed by atoms with Crippen molar-refractivity contribution in [3.63, 3.8) is 0 Å². The molecule has 30 heavy (non-hydrogen) atoms. The van der Waals surface area contributed by atoms with Gasteiger partial charge in [0.25, 0.3) is 0 Å². The van der Waals surface area contributed by atoms with Crippen LogP contribution in [-0.4, -0.2) is 20.9 Å². The summed E-state index contributed by atoms with van der Waals surface area (Å²) in [5, 5.41) is 19.7. The zero-order valence-electron chi connectivity index (χ0n) is 16.5. The lowest BCUT2D eigenvalue weighted by Gasteiger charge is -2.35. The van der Waals surface area contributed by atoms with E-state index in [1.54, 1.807) is 12.3 Å². The van der Waals surface area contributed by atoms with Gasteiger partial charge in [-0.25, -0.2) is 9.97 Å². The lowest BCUT2D eigenvalue weighted by molar-refractivity contribution is -0.144. The van der Waals surface area contributed by atoms with Gasteiger partial charge in [-0.15, -0.1) is 0 Å². The molecule has 3 aromatic rings. The zero-order valence-corrected chi connectivity index (χ0v) is 16.5. The molecule has 1 fully saturated rings. The third kappa shape index (κ3) is 2.12. The summed E-state index contributed by atoms with van der Waals surface area (Å²) in [7, 11) is 0. The van der Waals surface area contributed by atoms with E-state index >= 15 is 0 Å². The number of fused-ring (bicyclic) bond motifs is 6. The second-order valence-electron chi connectivity index (χ2n) is 8.32. The van der Waals surface area contributed by atoms with Gasteiger partial charge in [0, 0.05) is 17.5 Å². The van der Waals surface area contributed by atoms with Crippen LogP contribution in [0.15, 0.2) is 36.5 Å². The lowest BCUT2D eigenvalue weighted by atomic mass is 9.68. The molecule has 2 atom stereocenters. The van der Waals surface area contributed by atoms with Crippen LogP contribution in [0.1, 0.15) is 55.4 Å². The summed E-state index contributed by atoms with van der Waals surface area (Å²) < 4.78 is 5.94. The standard InChI is InChI=1S/C23H17N5O2/c1-22(2)14-8-9-23(22,20-19(14)27-15(11-24)16(12-25)28-20)21(29)30-17-7-3-5-13-6-4-10-26-18(13)17/h3-7,10,14H,8-9H2,1-2H3. The van der Waals surface area contributed by atoms with Gasteiger partial charge in [0.1, 0.15) is 23.1 Å². The van der Waals surface area contributed by atoms with Crippen molar-refractivity contribution in [3.8, 4) is 17.9 Å². The second kappa shape index (κ2) is 6.08. The number of nitriles is 2. The Morgan fingerprint density at radius 3 is 2.63 bits per heavy atom. The van der Waals surface area contributed by atoms with Crippen molar-refractivity contribution in [1.82, 2.24) is 15.0 Å². The fourth-order valence-corrected chi connectivity index (χ4v) is 5.21. The number of nitrogens with zero attached hydrogens (tertiary/aromatic N) is 5. The van der Waals surface area contributed by atoms with Crippen LogP contribution in [0.25, 0.3) is 10.9 Å². The summed E-state index contributed by atoms with van der Waals surface area (Å²) in [5.41, 5.74) is 0.119. The van der Waals surface area contributed by atoms with Crippen molar-refractivity contribution in [2.75, 3.05) is 0 Å². The molecule has 0 radical (unpaired) electrons. The molecule has 0 N–H and O–H groups in total. The molecule has 2 aromatic heterocycles. The summed E-state index contributed by atoms with van der Waals surface area (Å²) in [5.74, 6) is -0.0601. The number of para-hydroxylation sites is 1. The SMILES string of the molecule is CC1(C)C2CCC1(C(=O)Oc1cccc3cccnc13)c1nc(C#N)c(C#N)nc12. The van der Waals surface area contributed by atoms with E-state index < -0.39 is 16.8 Å². The van der Waals surface area contributed by atoms with E-state index in [1.807, 2.05) is 50.3 Å². The van der Waals surface area contributed by atoms with E-state index in [-0.39, 0.29) is 17.3 Å². The van der Waals surface area contributed by atoms with Gasteiger partial charge in [0.15, 0.2) is 17.1 Å². The minimum atomic E-state index is -1.03. The molecule has 2 aliphatic rings. The first-order valence-electron chi connectivity index (χ1n) is 9.72. The number of esters is 1. The van der Waals surface area contributed by atoms with Crippen LogP contribution in [-0.2, 0) is 10.2 Å². The molecule has 2 unspecified atom stereocenters. The average molecular weight is 395 g/mol. The average Bonchev–Trinajstić information content (AvgIpc) is 3.14. The maximum Gasteiger partial charge on any atom is 0.324 e. The van der Waals surface area contributed by atoms with E-state index in [2.05, 4.69) is 15.0 Å². The minimum absolute atomic E-state index is 0.00127. The first kappa shape index (κ1) is 18.2. The molecule has 7 nitrogen and oxygen atoms in total. The number of aromatic nitrogens is 3. The third-order valence-electron chi connectivity index (χ3n) is 6.79. The van der Waals surface area contributed by atoms with Crippen LogP contribution in [0.2, 0.25) is 0 Å². The van der Waals surface area contributed by atoms with Gasteiger partial charge in [0.2, 0.25) is 0 Å². The van der Waals surface area contributed by atoms with Crippen LogP contribution in [0, 0.1) is 28.1 Å². The topological polar surface area (TPSA) is 113 Å². The monoisotopic (exact) mass is 395 g/mol. The molecule has 0 saturated heterocycles. The third-order valence-corrected chi connectivity index (χ3v) is 6.79. The fraction of sp³-hybridized carbons (Fsp3) is 0.304. The highest BCUT2D eigenvalue weighted by atomic mass is 16.5. The molecule has 0 spiro atoms. The maximum absolute atomic E-state index is 13.7. The van der Waals surface area contributed by atoms with Gasteiger partial charge in [-0.05, 0) is 30.4 Å². The number of rotatable bonds is 2. The first-order chi connectivity index (χ1) is 14.4. The van der Waals surface area contributed by atoms with Gasteiger partial charge in [0.05, 0.1) is 11.4 Å². The number of carbonyl (C=O) groups is 1. The summed E-state index contributed by atoms with van der Waals surface area (Å²) in [4.78, 5) is 27.0. The van der Waals surface area contributed by atoms with Crippen molar-refractivity contribution in [3.05, 3.63) is 59.3 Å². The lowest BCUT2D eigenvalue weighted by Crippen LogP contribution is -2.46. The summed E-state index contributed by atoms with van der Waals surface area (Å²) in [6.07, 6.45) is 2.96. The maximum atomic E-state index is 13.7.